The van der Waals surface area contributed by atoms with Crippen LogP contribution in [0.1, 0.15) is 63.8 Å². The SMILES string of the molecule is COCC1(c2cc(CC(=O)C(C)(C)S(=O)(=O)CC3CCOCC3)no2)CCCC1. The first-order chi connectivity index (χ1) is 13.7. The Morgan fingerprint density at radius 3 is 2.55 bits per heavy atom. The molecule has 1 aromatic rings. The zero-order chi connectivity index (χ0) is 21.1. The number of hydrogen-bond donors (Lipinski definition) is 0. The maximum Gasteiger partial charge on any atom is 0.162 e. The van der Waals surface area contributed by atoms with Gasteiger partial charge in [0, 0.05) is 26.4 Å². The fraction of sp³-hybridized carbons (Fsp3) is 0.810. The van der Waals surface area contributed by atoms with Gasteiger partial charge in [-0.1, -0.05) is 18.0 Å². The van der Waals surface area contributed by atoms with Crippen molar-refractivity contribution >= 4 is 15.6 Å². The van der Waals surface area contributed by atoms with E-state index in [0.717, 1.165) is 44.3 Å². The molecule has 2 heterocycles. The van der Waals surface area contributed by atoms with Gasteiger partial charge in [0.05, 0.1) is 29.9 Å². The van der Waals surface area contributed by atoms with Crippen molar-refractivity contribution in [2.24, 2.45) is 5.92 Å². The van der Waals surface area contributed by atoms with E-state index in [0.29, 0.717) is 25.5 Å². The predicted molar refractivity (Wildman–Crippen MR) is 109 cm³/mol. The van der Waals surface area contributed by atoms with Crippen molar-refractivity contribution in [3.63, 3.8) is 0 Å². The summed E-state index contributed by atoms with van der Waals surface area (Å²) in [5, 5.41) is 4.08. The highest BCUT2D eigenvalue weighted by Crippen LogP contribution is 2.41. The highest BCUT2D eigenvalue weighted by atomic mass is 32.2. The first-order valence-electron chi connectivity index (χ1n) is 10.5. The van der Waals surface area contributed by atoms with Crippen LogP contribution in [0.4, 0.5) is 0 Å². The minimum Gasteiger partial charge on any atom is -0.384 e. The summed E-state index contributed by atoms with van der Waals surface area (Å²) in [6.45, 7) is 4.74. The lowest BCUT2D eigenvalue weighted by Crippen LogP contribution is -2.44. The number of ether oxygens (including phenoxy) is 2. The highest BCUT2D eigenvalue weighted by molar-refractivity contribution is 7.93. The molecule has 7 nitrogen and oxygen atoms in total. The molecule has 0 N–H and O–H groups in total. The number of carbonyl (C=O) groups is 1. The van der Waals surface area contributed by atoms with Crippen LogP contribution >= 0.6 is 0 Å². The number of methoxy groups -OCH3 is 1. The zero-order valence-corrected chi connectivity index (χ0v) is 18.6. The number of Topliss-reactive ketones (excluding diaryl/α,β-unsaturated/α-hetero) is 1. The third kappa shape index (κ3) is 4.75. The molecule has 0 aromatic carbocycles. The quantitative estimate of drug-likeness (QED) is 0.598. The van der Waals surface area contributed by atoms with Crippen LogP contribution in [0.5, 0.6) is 0 Å². The molecule has 164 valence electrons. The van der Waals surface area contributed by atoms with E-state index >= 15 is 0 Å². The second-order valence-corrected chi connectivity index (χ2v) is 11.6. The van der Waals surface area contributed by atoms with Crippen LogP contribution < -0.4 is 0 Å². The van der Waals surface area contributed by atoms with Crippen LogP contribution in [0.25, 0.3) is 0 Å². The lowest BCUT2D eigenvalue weighted by atomic mass is 9.84. The fourth-order valence-corrected chi connectivity index (χ4v) is 6.21. The summed E-state index contributed by atoms with van der Waals surface area (Å²) in [5.41, 5.74) is 0.301. The van der Waals surface area contributed by atoms with Crippen LogP contribution in [0.3, 0.4) is 0 Å². The molecule has 0 radical (unpaired) electrons. The van der Waals surface area contributed by atoms with E-state index in [2.05, 4.69) is 5.16 Å². The summed E-state index contributed by atoms with van der Waals surface area (Å²) < 4.78 is 40.8. The van der Waals surface area contributed by atoms with E-state index in [1.54, 1.807) is 7.11 Å². The third-order valence-corrected chi connectivity index (χ3v) is 9.34. The molecule has 1 saturated heterocycles. The van der Waals surface area contributed by atoms with Crippen molar-refractivity contribution in [2.75, 3.05) is 32.7 Å². The van der Waals surface area contributed by atoms with Crippen molar-refractivity contribution in [1.82, 2.24) is 5.16 Å². The van der Waals surface area contributed by atoms with Crippen LogP contribution in [-0.4, -0.2) is 56.8 Å². The monoisotopic (exact) mass is 427 g/mol. The molecule has 0 unspecified atom stereocenters. The first kappa shape index (κ1) is 22.4. The van der Waals surface area contributed by atoms with Crippen LogP contribution in [-0.2, 0) is 35.9 Å². The molecule has 29 heavy (non-hydrogen) atoms. The van der Waals surface area contributed by atoms with Crippen molar-refractivity contribution < 1.29 is 27.2 Å². The Kier molecular flexibility index (Phi) is 6.85. The molecule has 3 rings (SSSR count). The molecule has 2 aliphatic rings. The summed E-state index contributed by atoms with van der Waals surface area (Å²) >= 11 is 0. The number of nitrogens with zero attached hydrogens (tertiary/aromatic N) is 1. The summed E-state index contributed by atoms with van der Waals surface area (Å²) in [6, 6.07) is 1.81. The van der Waals surface area contributed by atoms with E-state index in [-0.39, 0.29) is 29.3 Å². The lowest BCUT2D eigenvalue weighted by Gasteiger charge is -2.28. The molecule has 0 spiro atoms. The van der Waals surface area contributed by atoms with Gasteiger partial charge in [-0.3, -0.25) is 4.79 Å². The number of rotatable bonds is 9. The van der Waals surface area contributed by atoms with Crippen molar-refractivity contribution in [3.8, 4) is 0 Å². The highest BCUT2D eigenvalue weighted by Gasteiger charge is 2.43. The molecule has 1 saturated carbocycles. The maximum absolute atomic E-state index is 13.0. The average Bonchev–Trinajstić information content (AvgIpc) is 3.33. The Hall–Kier alpha value is -1.25. The number of carbonyl (C=O) groups excluding carboxylic acids is 1. The van der Waals surface area contributed by atoms with Crippen molar-refractivity contribution in [1.29, 1.82) is 0 Å². The number of ketones is 1. The second kappa shape index (κ2) is 8.86. The first-order valence-corrected chi connectivity index (χ1v) is 12.1. The largest absolute Gasteiger partial charge is 0.384 e. The van der Waals surface area contributed by atoms with Gasteiger partial charge in [-0.05, 0) is 45.4 Å². The standard InChI is InChI=1S/C21H33NO6S/c1-20(2,29(24,25)14-16-6-10-27-11-7-16)18(23)12-17-13-19(28-22-17)21(15-26-3)8-4-5-9-21/h13,16H,4-12,14-15H2,1-3H3. The van der Waals surface area contributed by atoms with E-state index in [9.17, 15) is 13.2 Å². The van der Waals surface area contributed by atoms with E-state index in [4.69, 9.17) is 14.0 Å². The average molecular weight is 428 g/mol. The molecular weight excluding hydrogens is 394 g/mol. The molecular formula is C21H33NO6S. The molecule has 8 heteroatoms. The van der Waals surface area contributed by atoms with Crippen molar-refractivity contribution in [3.05, 3.63) is 17.5 Å². The predicted octanol–water partition coefficient (Wildman–Crippen LogP) is 2.86. The van der Waals surface area contributed by atoms with Crippen LogP contribution in [0.15, 0.2) is 10.6 Å². The van der Waals surface area contributed by atoms with Crippen molar-refractivity contribution in [2.45, 2.75) is 69.0 Å². The summed E-state index contributed by atoms with van der Waals surface area (Å²) in [6.07, 6.45) is 5.54. The molecule has 0 bridgehead atoms. The number of hydrogen-bond acceptors (Lipinski definition) is 7. The van der Waals surface area contributed by atoms with Gasteiger partial charge in [-0.15, -0.1) is 0 Å². The van der Waals surface area contributed by atoms with E-state index < -0.39 is 14.6 Å². The number of aromatic nitrogens is 1. The fourth-order valence-electron chi connectivity index (χ4n) is 4.42. The van der Waals surface area contributed by atoms with Crippen LogP contribution in [0, 0.1) is 5.92 Å². The molecule has 0 amide bonds. The Bertz CT molecular complexity index is 801. The second-order valence-electron chi connectivity index (χ2n) is 9.05. The third-order valence-electron chi connectivity index (χ3n) is 6.65. The minimum absolute atomic E-state index is 0.0239. The smallest absolute Gasteiger partial charge is 0.162 e. The van der Waals surface area contributed by atoms with Gasteiger partial charge in [-0.2, -0.15) is 0 Å². The van der Waals surface area contributed by atoms with Gasteiger partial charge in [0.25, 0.3) is 0 Å². The lowest BCUT2D eigenvalue weighted by molar-refractivity contribution is -0.120. The Balaban J connectivity index is 1.69. The van der Waals surface area contributed by atoms with Gasteiger partial charge in [0.1, 0.15) is 10.5 Å². The van der Waals surface area contributed by atoms with Gasteiger partial charge in [0.15, 0.2) is 15.6 Å². The van der Waals surface area contributed by atoms with E-state index in [1.165, 1.54) is 13.8 Å². The topological polar surface area (TPSA) is 95.7 Å². The summed E-state index contributed by atoms with van der Waals surface area (Å²) in [4.78, 5) is 12.9. The maximum atomic E-state index is 13.0. The molecule has 1 aliphatic heterocycles. The molecule has 1 aliphatic carbocycles. The Morgan fingerprint density at radius 1 is 1.28 bits per heavy atom. The van der Waals surface area contributed by atoms with Gasteiger partial charge in [0.2, 0.25) is 0 Å². The summed E-state index contributed by atoms with van der Waals surface area (Å²) in [7, 11) is -1.92. The molecule has 1 aromatic heterocycles. The molecule has 2 fully saturated rings. The van der Waals surface area contributed by atoms with E-state index in [1.807, 2.05) is 6.07 Å². The molecule has 0 atom stereocenters. The van der Waals surface area contributed by atoms with Gasteiger partial charge < -0.3 is 14.0 Å². The van der Waals surface area contributed by atoms with Crippen LogP contribution in [0.2, 0.25) is 0 Å². The van der Waals surface area contributed by atoms with Gasteiger partial charge >= 0.3 is 0 Å². The summed E-state index contributed by atoms with van der Waals surface area (Å²) in [5.74, 6) is 0.464. The van der Waals surface area contributed by atoms with Gasteiger partial charge in [-0.25, -0.2) is 8.42 Å². The Labute approximate surface area is 173 Å². The minimum atomic E-state index is -3.59. The zero-order valence-electron chi connectivity index (χ0n) is 17.7. The Morgan fingerprint density at radius 2 is 1.93 bits per heavy atom. The number of sulfone groups is 1. The normalized spacial score (nSPS) is 20.8.